The standard InChI is InChI=1S/C4H10Te/c1-2-3-4-5/h5H,2-4H2,1H3/p+1. The van der Waals surface area contributed by atoms with Crippen molar-refractivity contribution in [2.24, 2.45) is 0 Å². The van der Waals surface area contributed by atoms with Gasteiger partial charge in [0.2, 0.25) is 0 Å². The molecule has 0 aromatic heterocycles. The van der Waals surface area contributed by atoms with Crippen molar-refractivity contribution in [1.82, 2.24) is 0 Å². The molecule has 32 valence electrons. The maximum atomic E-state index is 2.22. The van der Waals surface area contributed by atoms with Gasteiger partial charge in [-0.05, 0) is 0 Å². The van der Waals surface area contributed by atoms with E-state index in [4.69, 9.17) is 0 Å². The van der Waals surface area contributed by atoms with E-state index in [0.29, 0.717) is 0 Å². The van der Waals surface area contributed by atoms with Gasteiger partial charge in [0.1, 0.15) is 0 Å². The predicted octanol–water partition coefficient (Wildman–Crippen LogP) is 1.22. The third-order valence-corrected chi connectivity index (χ3v) is 1.41. The van der Waals surface area contributed by atoms with Gasteiger partial charge >= 0.3 is 48.0 Å². The fraction of sp³-hybridized carbons (Fsp3) is 1.00. The van der Waals surface area contributed by atoms with Crippen molar-refractivity contribution in [2.75, 3.05) is 0 Å². The molecule has 0 bridgehead atoms. The van der Waals surface area contributed by atoms with E-state index >= 15 is 0 Å². The van der Waals surface area contributed by atoms with Crippen molar-refractivity contribution in [1.29, 1.82) is 0 Å². The van der Waals surface area contributed by atoms with Gasteiger partial charge in [0.25, 0.3) is 0 Å². The van der Waals surface area contributed by atoms with Gasteiger partial charge in [-0.1, -0.05) is 0 Å². The van der Waals surface area contributed by atoms with Gasteiger partial charge in [-0.25, -0.2) is 0 Å². The first-order chi connectivity index (χ1) is 2.41. The van der Waals surface area contributed by atoms with Gasteiger partial charge < -0.3 is 0 Å². The minimum Gasteiger partial charge on any atom is 1.00 e. The van der Waals surface area contributed by atoms with Crippen LogP contribution in [0, 0.1) is 0 Å². The number of hydrogen-bond acceptors (Lipinski definition) is 0. The number of rotatable bonds is 2. The van der Waals surface area contributed by atoms with Crippen molar-refractivity contribution in [3.05, 3.63) is 0 Å². The van der Waals surface area contributed by atoms with Crippen LogP contribution in [0.1, 0.15) is 21.2 Å². The van der Waals surface area contributed by atoms with Gasteiger partial charge in [-0.2, -0.15) is 0 Å². The van der Waals surface area contributed by atoms with Crippen molar-refractivity contribution in [2.45, 2.75) is 24.2 Å². The quantitative estimate of drug-likeness (QED) is 0.569. The molecule has 0 aromatic carbocycles. The van der Waals surface area contributed by atoms with E-state index in [1.807, 2.05) is 22.3 Å². The van der Waals surface area contributed by atoms with Crippen LogP contribution in [0.2, 0.25) is 4.47 Å². The number of unbranched alkanes of at least 4 members (excludes halogenated alkanes) is 1. The van der Waals surface area contributed by atoms with Gasteiger partial charge in [-0.3, -0.25) is 0 Å². The average Bonchev–Trinajstić information content (AvgIpc) is 1.41. The van der Waals surface area contributed by atoms with Crippen LogP contribution in [-0.2, 0) is 0 Å². The molecule has 0 unspecified atom stereocenters. The van der Waals surface area contributed by atoms with Crippen LogP contribution in [-0.4, -0.2) is 22.3 Å². The molecule has 0 rings (SSSR count). The zero-order valence-electron chi connectivity index (χ0n) is 4.57. The van der Waals surface area contributed by atoms with Crippen molar-refractivity contribution in [3.63, 3.8) is 0 Å². The molecule has 0 aliphatic heterocycles. The Balaban J connectivity index is 0. The van der Waals surface area contributed by atoms with Crippen molar-refractivity contribution in [3.8, 4) is 0 Å². The molecule has 0 aliphatic carbocycles. The SMILES string of the molecule is CCCC[TeH].[H+]. The minimum atomic E-state index is 0. The zero-order chi connectivity index (χ0) is 4.12. The molecule has 0 heterocycles. The van der Waals surface area contributed by atoms with E-state index in [9.17, 15) is 0 Å². The van der Waals surface area contributed by atoms with E-state index in [1.54, 1.807) is 0 Å². The molecule has 0 radical (unpaired) electrons. The molecule has 0 saturated heterocycles. The molecule has 0 aromatic rings. The summed E-state index contributed by atoms with van der Waals surface area (Å²) in [6, 6.07) is 0. The third kappa shape index (κ3) is 4.79. The van der Waals surface area contributed by atoms with Crippen molar-refractivity contribution >= 4 is 22.3 Å². The third-order valence-electron chi connectivity index (χ3n) is 0.512. The molecule has 0 amide bonds. The summed E-state index contributed by atoms with van der Waals surface area (Å²) in [5.74, 6) is 0. The molecular weight excluding hydrogens is 176 g/mol. The van der Waals surface area contributed by atoms with Gasteiger partial charge in [0, 0.05) is 0 Å². The second kappa shape index (κ2) is 4.79. The van der Waals surface area contributed by atoms with E-state index in [1.165, 1.54) is 17.3 Å². The monoisotopic (exact) mass is 189 g/mol. The summed E-state index contributed by atoms with van der Waals surface area (Å²) in [7, 11) is 0. The van der Waals surface area contributed by atoms with Crippen LogP contribution in [0.15, 0.2) is 0 Å². The fourth-order valence-electron chi connectivity index (χ4n) is 0.158. The second-order valence-electron chi connectivity index (χ2n) is 1.08. The Kier molecular flexibility index (Phi) is 5.55. The summed E-state index contributed by atoms with van der Waals surface area (Å²) in [5, 5.41) is 0. The molecular formula is C4H11Te+. The first kappa shape index (κ1) is 5.79. The smallest absolute Gasteiger partial charge is 1.00 e. The molecule has 0 aliphatic rings. The molecule has 0 nitrogen and oxygen atoms in total. The van der Waals surface area contributed by atoms with E-state index < -0.39 is 0 Å². The van der Waals surface area contributed by atoms with Gasteiger partial charge in [-0.15, -0.1) is 0 Å². The number of hydrogen-bond donors (Lipinski definition) is 0. The predicted molar refractivity (Wildman–Crippen MR) is 28.0 cm³/mol. The zero-order valence-corrected chi connectivity index (χ0v) is 6.12. The molecule has 0 atom stereocenters. The summed E-state index contributed by atoms with van der Waals surface area (Å²) in [6.07, 6.45) is 2.77. The van der Waals surface area contributed by atoms with Crippen LogP contribution in [0.5, 0.6) is 0 Å². The van der Waals surface area contributed by atoms with Crippen LogP contribution >= 0.6 is 0 Å². The fourth-order valence-corrected chi connectivity index (χ4v) is 1.06. The summed E-state index contributed by atoms with van der Waals surface area (Å²) < 4.78 is 1.39. The first-order valence-corrected chi connectivity index (χ1v) is 3.83. The average molecular weight is 187 g/mol. The summed E-state index contributed by atoms with van der Waals surface area (Å²) >= 11 is 1.92. The molecule has 0 fully saturated rings. The van der Waals surface area contributed by atoms with Gasteiger partial charge in [0.15, 0.2) is 0 Å². The van der Waals surface area contributed by atoms with Crippen LogP contribution < -0.4 is 0 Å². The molecule has 5 heavy (non-hydrogen) atoms. The summed E-state index contributed by atoms with van der Waals surface area (Å²) in [5.41, 5.74) is 0. The Morgan fingerprint density at radius 2 is 2.40 bits per heavy atom. The topological polar surface area (TPSA) is 0 Å². The molecule has 1 heteroatoms. The molecule has 0 N–H and O–H groups in total. The van der Waals surface area contributed by atoms with Gasteiger partial charge in [0.05, 0.1) is 0 Å². The van der Waals surface area contributed by atoms with Crippen molar-refractivity contribution < 1.29 is 1.43 Å². The maximum Gasteiger partial charge on any atom is 1.00 e. The Labute approximate surface area is 48.3 Å². The normalized spacial score (nSPS) is 8.40. The van der Waals surface area contributed by atoms with E-state index in [-0.39, 0.29) is 1.43 Å². The second-order valence-corrected chi connectivity index (χ2v) is 2.35. The summed E-state index contributed by atoms with van der Waals surface area (Å²) in [6.45, 7) is 2.22. The minimum absolute atomic E-state index is 0. The largest absolute Gasteiger partial charge is 1.00 e. The Hall–Kier alpha value is 0.790. The Morgan fingerprint density at radius 1 is 1.80 bits per heavy atom. The van der Waals surface area contributed by atoms with Crippen LogP contribution in [0.3, 0.4) is 0 Å². The van der Waals surface area contributed by atoms with Crippen LogP contribution in [0.4, 0.5) is 0 Å². The molecule has 0 spiro atoms. The summed E-state index contributed by atoms with van der Waals surface area (Å²) in [4.78, 5) is 0. The maximum absolute atomic E-state index is 2.22. The van der Waals surface area contributed by atoms with Crippen LogP contribution in [0.25, 0.3) is 0 Å². The molecule has 0 saturated carbocycles. The Morgan fingerprint density at radius 3 is 2.40 bits per heavy atom. The van der Waals surface area contributed by atoms with E-state index in [2.05, 4.69) is 6.92 Å². The first-order valence-electron chi connectivity index (χ1n) is 2.02. The van der Waals surface area contributed by atoms with E-state index in [0.717, 1.165) is 0 Å². The Bertz CT molecular complexity index is 15.0.